The van der Waals surface area contributed by atoms with E-state index in [4.69, 9.17) is 11.6 Å². The lowest BCUT2D eigenvalue weighted by Crippen LogP contribution is -2.43. The van der Waals surface area contributed by atoms with Crippen molar-refractivity contribution in [2.24, 2.45) is 0 Å². The topological polar surface area (TPSA) is 32.3 Å². The van der Waals surface area contributed by atoms with Crippen molar-refractivity contribution in [1.29, 1.82) is 0 Å². The van der Waals surface area contributed by atoms with Crippen LogP contribution in [-0.2, 0) is 6.42 Å². The number of carbonyl (C=O) groups excluding carboxylic acids is 1. The Bertz CT molecular complexity index is 403. The molecule has 1 aliphatic rings. The maximum atomic E-state index is 11.8. The number of likely N-dealkylation sites (tertiary alicyclic amines) is 1. The number of hydrogen-bond acceptors (Lipinski definition) is 1. The van der Waals surface area contributed by atoms with Gasteiger partial charge in [-0.1, -0.05) is 23.7 Å². The van der Waals surface area contributed by atoms with Gasteiger partial charge in [0, 0.05) is 24.7 Å². The van der Waals surface area contributed by atoms with Crippen molar-refractivity contribution in [3.05, 3.63) is 34.9 Å². The fraction of sp³-hybridized carbons (Fsp3) is 0.500. The van der Waals surface area contributed by atoms with E-state index < -0.39 is 0 Å². The molecule has 0 unspecified atom stereocenters. The Hall–Kier alpha value is -1.22. The summed E-state index contributed by atoms with van der Waals surface area (Å²) in [5.41, 5.74) is 1.15. The molecule has 1 heterocycles. The number of nitrogens with zero attached hydrogens (tertiary/aromatic N) is 1. The summed E-state index contributed by atoms with van der Waals surface area (Å²) in [5, 5.41) is 3.71. The zero-order valence-corrected chi connectivity index (χ0v) is 11.2. The number of carbonyl (C=O) groups is 1. The Kier molecular flexibility index (Phi) is 4.88. The Morgan fingerprint density at radius 3 is 2.78 bits per heavy atom. The molecule has 0 aromatic heterocycles. The second kappa shape index (κ2) is 6.64. The van der Waals surface area contributed by atoms with Gasteiger partial charge < -0.3 is 10.2 Å². The minimum absolute atomic E-state index is 0.0664. The first-order chi connectivity index (χ1) is 8.75. The number of rotatable bonds is 3. The van der Waals surface area contributed by atoms with Gasteiger partial charge in [-0.25, -0.2) is 4.79 Å². The molecule has 1 fully saturated rings. The lowest BCUT2D eigenvalue weighted by molar-refractivity contribution is 0.186. The molecule has 1 aromatic carbocycles. The number of piperidine rings is 1. The molecule has 1 aliphatic heterocycles. The van der Waals surface area contributed by atoms with Gasteiger partial charge in [-0.15, -0.1) is 0 Å². The van der Waals surface area contributed by atoms with E-state index in [0.29, 0.717) is 6.54 Å². The highest BCUT2D eigenvalue weighted by Gasteiger charge is 2.15. The minimum Gasteiger partial charge on any atom is -0.338 e. The van der Waals surface area contributed by atoms with E-state index in [9.17, 15) is 4.79 Å². The van der Waals surface area contributed by atoms with Gasteiger partial charge in [-0.3, -0.25) is 0 Å². The molecule has 1 saturated heterocycles. The molecule has 0 radical (unpaired) electrons. The van der Waals surface area contributed by atoms with Crippen molar-refractivity contribution >= 4 is 17.6 Å². The monoisotopic (exact) mass is 266 g/mol. The van der Waals surface area contributed by atoms with Gasteiger partial charge in [-0.05, 0) is 43.4 Å². The largest absolute Gasteiger partial charge is 0.338 e. The molecular weight excluding hydrogens is 248 g/mol. The van der Waals surface area contributed by atoms with Crippen LogP contribution in [0.25, 0.3) is 0 Å². The highest BCUT2D eigenvalue weighted by Crippen LogP contribution is 2.11. The van der Waals surface area contributed by atoms with Gasteiger partial charge in [0.2, 0.25) is 0 Å². The van der Waals surface area contributed by atoms with Crippen molar-refractivity contribution in [2.75, 3.05) is 19.6 Å². The van der Waals surface area contributed by atoms with Crippen LogP contribution in [0, 0.1) is 0 Å². The molecule has 3 nitrogen and oxygen atoms in total. The molecule has 2 amide bonds. The Morgan fingerprint density at radius 2 is 2.06 bits per heavy atom. The smallest absolute Gasteiger partial charge is 0.317 e. The summed E-state index contributed by atoms with van der Waals surface area (Å²) < 4.78 is 0. The molecule has 18 heavy (non-hydrogen) atoms. The summed E-state index contributed by atoms with van der Waals surface area (Å²) >= 11 is 5.91. The second-order valence-electron chi connectivity index (χ2n) is 4.66. The molecule has 4 heteroatoms. The molecule has 1 N–H and O–H groups in total. The fourth-order valence-corrected chi connectivity index (χ4v) is 2.43. The average Bonchev–Trinajstić information content (AvgIpc) is 2.40. The summed E-state index contributed by atoms with van der Waals surface area (Å²) in [6.07, 6.45) is 4.32. The first kappa shape index (κ1) is 13.2. The van der Waals surface area contributed by atoms with Crippen LogP contribution < -0.4 is 5.32 Å². The predicted octanol–water partition coefficient (Wildman–Crippen LogP) is 3.08. The lowest BCUT2D eigenvalue weighted by Gasteiger charge is -2.26. The number of halogens is 1. The van der Waals surface area contributed by atoms with E-state index in [2.05, 4.69) is 5.32 Å². The molecule has 0 aliphatic carbocycles. The third-order valence-corrected chi connectivity index (χ3v) is 3.46. The maximum absolute atomic E-state index is 11.8. The first-order valence-electron chi connectivity index (χ1n) is 6.53. The van der Waals surface area contributed by atoms with Crippen molar-refractivity contribution in [1.82, 2.24) is 10.2 Å². The predicted molar refractivity (Wildman–Crippen MR) is 74.0 cm³/mol. The van der Waals surface area contributed by atoms with Crippen LogP contribution in [0.4, 0.5) is 4.79 Å². The van der Waals surface area contributed by atoms with Gasteiger partial charge >= 0.3 is 6.03 Å². The highest BCUT2D eigenvalue weighted by molar-refractivity contribution is 6.30. The second-order valence-corrected chi connectivity index (χ2v) is 5.10. The van der Waals surface area contributed by atoms with E-state index in [1.165, 1.54) is 6.42 Å². The third-order valence-electron chi connectivity index (χ3n) is 3.22. The van der Waals surface area contributed by atoms with Gasteiger partial charge in [-0.2, -0.15) is 0 Å². The molecule has 0 spiro atoms. The van der Waals surface area contributed by atoms with Crippen LogP contribution in [0.5, 0.6) is 0 Å². The SMILES string of the molecule is O=C(NCCc1cccc(Cl)c1)N1CCCCC1. The summed E-state index contributed by atoms with van der Waals surface area (Å²) in [5.74, 6) is 0. The zero-order valence-electron chi connectivity index (χ0n) is 10.5. The van der Waals surface area contributed by atoms with Crippen LogP contribution in [0.1, 0.15) is 24.8 Å². The van der Waals surface area contributed by atoms with E-state index in [1.54, 1.807) is 0 Å². The van der Waals surface area contributed by atoms with Crippen LogP contribution in [0.3, 0.4) is 0 Å². The summed E-state index contributed by atoms with van der Waals surface area (Å²) in [4.78, 5) is 13.7. The average molecular weight is 267 g/mol. The van der Waals surface area contributed by atoms with Gasteiger partial charge in [0.25, 0.3) is 0 Å². The quantitative estimate of drug-likeness (QED) is 0.896. The first-order valence-corrected chi connectivity index (χ1v) is 6.91. The standard InChI is InChI=1S/C14H19ClN2O/c15-13-6-4-5-12(11-13)7-8-16-14(18)17-9-2-1-3-10-17/h4-6,11H,1-3,7-10H2,(H,16,18). The van der Waals surface area contributed by atoms with E-state index in [-0.39, 0.29) is 6.03 Å². The molecule has 0 bridgehead atoms. The van der Waals surface area contributed by atoms with Gasteiger partial charge in [0.05, 0.1) is 0 Å². The van der Waals surface area contributed by atoms with Crippen LogP contribution in [0.15, 0.2) is 24.3 Å². The minimum atomic E-state index is 0.0664. The molecule has 0 saturated carbocycles. The van der Waals surface area contributed by atoms with Gasteiger partial charge in [0.1, 0.15) is 0 Å². The number of nitrogens with one attached hydrogen (secondary N) is 1. The number of benzene rings is 1. The Balaban J connectivity index is 1.73. The van der Waals surface area contributed by atoms with Crippen LogP contribution >= 0.6 is 11.6 Å². The number of amides is 2. The number of urea groups is 1. The Labute approximate surface area is 113 Å². The maximum Gasteiger partial charge on any atom is 0.317 e. The molecule has 98 valence electrons. The van der Waals surface area contributed by atoms with Crippen molar-refractivity contribution < 1.29 is 4.79 Å². The van der Waals surface area contributed by atoms with E-state index in [0.717, 1.165) is 42.9 Å². The number of hydrogen-bond donors (Lipinski definition) is 1. The lowest BCUT2D eigenvalue weighted by atomic mass is 10.1. The van der Waals surface area contributed by atoms with E-state index >= 15 is 0 Å². The molecule has 1 aromatic rings. The molecule has 0 atom stereocenters. The molecule has 2 rings (SSSR count). The highest BCUT2D eigenvalue weighted by atomic mass is 35.5. The summed E-state index contributed by atoms with van der Waals surface area (Å²) in [6.45, 7) is 2.45. The zero-order chi connectivity index (χ0) is 12.8. The summed E-state index contributed by atoms with van der Waals surface area (Å²) in [7, 11) is 0. The van der Waals surface area contributed by atoms with Gasteiger partial charge in [0.15, 0.2) is 0 Å². The Morgan fingerprint density at radius 1 is 1.28 bits per heavy atom. The normalized spacial score (nSPS) is 15.5. The fourth-order valence-electron chi connectivity index (χ4n) is 2.22. The molecular formula is C14H19ClN2O. The van der Waals surface area contributed by atoms with E-state index in [1.807, 2.05) is 29.2 Å². The summed E-state index contributed by atoms with van der Waals surface area (Å²) in [6, 6.07) is 7.83. The van der Waals surface area contributed by atoms with Crippen molar-refractivity contribution in [2.45, 2.75) is 25.7 Å². The van der Waals surface area contributed by atoms with Crippen LogP contribution in [-0.4, -0.2) is 30.6 Å². The van der Waals surface area contributed by atoms with Crippen LogP contribution in [0.2, 0.25) is 5.02 Å². The van der Waals surface area contributed by atoms with Crippen molar-refractivity contribution in [3.8, 4) is 0 Å². The van der Waals surface area contributed by atoms with Crippen molar-refractivity contribution in [3.63, 3.8) is 0 Å². The third kappa shape index (κ3) is 3.91.